The van der Waals surface area contributed by atoms with Crippen molar-refractivity contribution < 1.29 is 9.59 Å². The summed E-state index contributed by atoms with van der Waals surface area (Å²) in [6.45, 7) is 3.09. The van der Waals surface area contributed by atoms with Crippen molar-refractivity contribution in [3.05, 3.63) is 0 Å². The van der Waals surface area contributed by atoms with Gasteiger partial charge < -0.3 is 0 Å². The zero-order chi connectivity index (χ0) is 8.85. The summed E-state index contributed by atoms with van der Waals surface area (Å²) in [5.41, 5.74) is 6.64. The molecule has 0 saturated heterocycles. The van der Waals surface area contributed by atoms with E-state index >= 15 is 0 Å². The number of nitrogens with one attached hydrogen (secondary N) is 1. The van der Waals surface area contributed by atoms with Gasteiger partial charge in [0.05, 0.1) is 0 Å². The first-order valence-corrected chi connectivity index (χ1v) is 3.54. The molecule has 0 fully saturated rings. The summed E-state index contributed by atoms with van der Waals surface area (Å²) in [5, 5.41) is 3.08. The molecule has 0 heterocycles. The van der Waals surface area contributed by atoms with Gasteiger partial charge in [0.1, 0.15) is 6.04 Å². The Balaban J connectivity index is 4.13. The molecular formula is C7H12N2O2. The highest BCUT2D eigenvalue weighted by atomic mass is 16.2. The third kappa shape index (κ3) is 3.02. The fourth-order valence-electron chi connectivity index (χ4n) is 0.762. The summed E-state index contributed by atoms with van der Waals surface area (Å²) in [7, 11) is 0. The van der Waals surface area contributed by atoms with Gasteiger partial charge in [-0.05, 0) is 6.42 Å². The molecule has 62 valence electrons. The molecule has 0 aliphatic carbocycles. The Kier molecular flexibility index (Phi) is 4.26. The molecule has 0 aromatic carbocycles. The number of rotatable bonds is 5. The SMILES string of the molecule is CCC[C@H](N=N)C(=O)C(C)=O. The van der Waals surface area contributed by atoms with E-state index in [0.717, 1.165) is 6.42 Å². The molecule has 0 amide bonds. The van der Waals surface area contributed by atoms with Crippen molar-refractivity contribution in [1.82, 2.24) is 0 Å². The first-order valence-electron chi connectivity index (χ1n) is 3.54. The van der Waals surface area contributed by atoms with Gasteiger partial charge in [-0.1, -0.05) is 13.3 Å². The molecule has 4 heteroatoms. The molecule has 0 bridgehead atoms. The van der Waals surface area contributed by atoms with Gasteiger partial charge in [-0.25, -0.2) is 5.53 Å². The molecule has 0 saturated carbocycles. The number of carbonyl (C=O) groups excluding carboxylic acids is 2. The van der Waals surface area contributed by atoms with Crippen LogP contribution in [-0.4, -0.2) is 17.6 Å². The fraction of sp³-hybridized carbons (Fsp3) is 0.714. The monoisotopic (exact) mass is 156 g/mol. The van der Waals surface area contributed by atoms with Gasteiger partial charge in [0.15, 0.2) is 5.78 Å². The summed E-state index contributed by atoms with van der Waals surface area (Å²) >= 11 is 0. The standard InChI is InChI=1S/C7H12N2O2/c1-3-4-6(9-8)7(11)5(2)10/h6,8H,3-4H2,1-2H3/t6-/m0/s1. The van der Waals surface area contributed by atoms with Crippen LogP contribution in [0.4, 0.5) is 0 Å². The highest BCUT2D eigenvalue weighted by molar-refractivity contribution is 6.38. The lowest BCUT2D eigenvalue weighted by Gasteiger charge is -2.03. The van der Waals surface area contributed by atoms with E-state index in [0.29, 0.717) is 6.42 Å². The van der Waals surface area contributed by atoms with Gasteiger partial charge >= 0.3 is 0 Å². The number of nitrogens with zero attached hydrogens (tertiary/aromatic N) is 1. The molecule has 0 rings (SSSR count). The molecule has 0 aliphatic rings. The Hall–Kier alpha value is -1.06. The van der Waals surface area contributed by atoms with E-state index in [1.165, 1.54) is 6.92 Å². The zero-order valence-electron chi connectivity index (χ0n) is 6.76. The molecule has 0 unspecified atom stereocenters. The summed E-state index contributed by atoms with van der Waals surface area (Å²) < 4.78 is 0. The lowest BCUT2D eigenvalue weighted by Crippen LogP contribution is -2.24. The average Bonchev–Trinajstić information content (AvgIpc) is 1.98. The Labute approximate surface area is 65.5 Å². The minimum Gasteiger partial charge on any atom is -0.291 e. The number of ketones is 2. The van der Waals surface area contributed by atoms with Gasteiger partial charge in [0, 0.05) is 6.92 Å². The normalized spacial score (nSPS) is 12.2. The second-order valence-corrected chi connectivity index (χ2v) is 2.35. The first kappa shape index (κ1) is 9.94. The van der Waals surface area contributed by atoms with E-state index in [1.807, 2.05) is 6.92 Å². The van der Waals surface area contributed by atoms with Crippen LogP contribution in [0, 0.1) is 5.53 Å². The molecule has 0 aromatic rings. The predicted molar refractivity (Wildman–Crippen MR) is 39.5 cm³/mol. The summed E-state index contributed by atoms with van der Waals surface area (Å²) in [4.78, 5) is 21.4. The number of Topliss-reactive ketones (excluding diaryl/α,β-unsaturated/α-hetero) is 2. The van der Waals surface area contributed by atoms with Crippen molar-refractivity contribution in [2.45, 2.75) is 32.7 Å². The molecule has 0 aromatic heterocycles. The van der Waals surface area contributed by atoms with Crippen LogP contribution >= 0.6 is 0 Å². The summed E-state index contributed by atoms with van der Waals surface area (Å²) in [6.07, 6.45) is 1.24. The third-order valence-corrected chi connectivity index (χ3v) is 1.37. The summed E-state index contributed by atoms with van der Waals surface area (Å²) in [6, 6.07) is -0.738. The van der Waals surface area contributed by atoms with Crippen LogP contribution < -0.4 is 0 Å². The molecule has 0 aliphatic heterocycles. The largest absolute Gasteiger partial charge is 0.291 e. The quantitative estimate of drug-likeness (QED) is 0.482. The first-order chi connectivity index (χ1) is 5.13. The van der Waals surface area contributed by atoms with Crippen LogP contribution in [0.3, 0.4) is 0 Å². The Morgan fingerprint density at radius 1 is 1.55 bits per heavy atom. The summed E-state index contributed by atoms with van der Waals surface area (Å²) in [5.74, 6) is -1.07. The van der Waals surface area contributed by atoms with E-state index in [-0.39, 0.29) is 0 Å². The second-order valence-electron chi connectivity index (χ2n) is 2.35. The van der Waals surface area contributed by atoms with Crippen LogP contribution in [0.1, 0.15) is 26.7 Å². The van der Waals surface area contributed by atoms with Gasteiger partial charge in [-0.15, -0.1) is 0 Å². The molecule has 1 N–H and O–H groups in total. The van der Waals surface area contributed by atoms with Gasteiger partial charge in [-0.2, -0.15) is 5.11 Å². The van der Waals surface area contributed by atoms with Gasteiger partial charge in [0.2, 0.25) is 5.78 Å². The van der Waals surface area contributed by atoms with Gasteiger partial charge in [0.25, 0.3) is 0 Å². The van der Waals surface area contributed by atoms with Crippen molar-refractivity contribution in [3.63, 3.8) is 0 Å². The molecule has 1 atom stereocenters. The number of hydrogen-bond acceptors (Lipinski definition) is 4. The van der Waals surface area contributed by atoms with Crippen molar-refractivity contribution in [1.29, 1.82) is 5.53 Å². The van der Waals surface area contributed by atoms with Crippen molar-refractivity contribution in [2.24, 2.45) is 5.11 Å². The maximum absolute atomic E-state index is 10.9. The Morgan fingerprint density at radius 2 is 2.09 bits per heavy atom. The van der Waals surface area contributed by atoms with Crippen LogP contribution in [0.25, 0.3) is 0 Å². The molecule has 0 radical (unpaired) electrons. The molecule has 11 heavy (non-hydrogen) atoms. The molecule has 0 spiro atoms. The van der Waals surface area contributed by atoms with E-state index in [2.05, 4.69) is 5.11 Å². The Morgan fingerprint density at radius 3 is 2.36 bits per heavy atom. The number of hydrogen-bond donors (Lipinski definition) is 1. The van der Waals surface area contributed by atoms with Crippen LogP contribution in [-0.2, 0) is 9.59 Å². The second kappa shape index (κ2) is 4.71. The lowest BCUT2D eigenvalue weighted by atomic mass is 10.1. The van der Waals surface area contributed by atoms with Crippen molar-refractivity contribution >= 4 is 11.6 Å². The van der Waals surface area contributed by atoms with Crippen LogP contribution in [0.5, 0.6) is 0 Å². The van der Waals surface area contributed by atoms with E-state index < -0.39 is 17.6 Å². The number of carbonyl (C=O) groups is 2. The van der Waals surface area contributed by atoms with E-state index in [4.69, 9.17) is 5.53 Å². The Bertz CT molecular complexity index is 177. The third-order valence-electron chi connectivity index (χ3n) is 1.37. The van der Waals surface area contributed by atoms with Gasteiger partial charge in [-0.3, -0.25) is 9.59 Å². The topological polar surface area (TPSA) is 70.3 Å². The minimum absolute atomic E-state index is 0.488. The predicted octanol–water partition coefficient (Wildman–Crippen LogP) is 1.34. The highest BCUT2D eigenvalue weighted by Gasteiger charge is 2.19. The maximum Gasteiger partial charge on any atom is 0.224 e. The minimum atomic E-state index is -0.738. The van der Waals surface area contributed by atoms with Crippen LogP contribution in [0.2, 0.25) is 0 Å². The van der Waals surface area contributed by atoms with Crippen LogP contribution in [0.15, 0.2) is 5.11 Å². The average molecular weight is 156 g/mol. The van der Waals surface area contributed by atoms with Crippen molar-refractivity contribution in [2.75, 3.05) is 0 Å². The van der Waals surface area contributed by atoms with E-state index in [9.17, 15) is 9.59 Å². The zero-order valence-corrected chi connectivity index (χ0v) is 6.76. The lowest BCUT2D eigenvalue weighted by molar-refractivity contribution is -0.136. The fourth-order valence-corrected chi connectivity index (χ4v) is 0.762. The highest BCUT2D eigenvalue weighted by Crippen LogP contribution is 2.02. The molecular weight excluding hydrogens is 144 g/mol. The smallest absolute Gasteiger partial charge is 0.224 e. The van der Waals surface area contributed by atoms with Crippen molar-refractivity contribution in [3.8, 4) is 0 Å². The maximum atomic E-state index is 10.9. The molecule has 4 nitrogen and oxygen atoms in total. The van der Waals surface area contributed by atoms with E-state index in [1.54, 1.807) is 0 Å².